The van der Waals surface area contributed by atoms with Gasteiger partial charge in [0.25, 0.3) is 0 Å². The van der Waals surface area contributed by atoms with Crippen LogP contribution in [0.2, 0.25) is 0 Å². The van der Waals surface area contributed by atoms with Crippen molar-refractivity contribution in [2.75, 3.05) is 6.54 Å². The zero-order valence-corrected chi connectivity index (χ0v) is 20.5. The molecule has 1 heterocycles. The zero-order valence-electron chi connectivity index (χ0n) is 20.5. The molecule has 0 radical (unpaired) electrons. The normalized spacial score (nSPS) is 18.5. The van der Waals surface area contributed by atoms with Gasteiger partial charge in [-0.25, -0.2) is 4.79 Å². The van der Waals surface area contributed by atoms with E-state index in [1.807, 2.05) is 6.92 Å². The van der Waals surface area contributed by atoms with E-state index in [0.29, 0.717) is 18.4 Å². The Morgan fingerprint density at radius 2 is 1.75 bits per heavy atom. The molecule has 0 aliphatic carbocycles. The van der Waals surface area contributed by atoms with Gasteiger partial charge in [0, 0.05) is 13.0 Å². The van der Waals surface area contributed by atoms with Crippen LogP contribution >= 0.6 is 0 Å². The van der Waals surface area contributed by atoms with Crippen LogP contribution in [-0.4, -0.2) is 75.4 Å². The fourth-order valence-electron chi connectivity index (χ4n) is 4.02. The molecule has 5 atom stereocenters. The van der Waals surface area contributed by atoms with E-state index >= 15 is 0 Å². The van der Waals surface area contributed by atoms with Crippen molar-refractivity contribution in [2.45, 2.75) is 70.1 Å². The first-order chi connectivity index (χ1) is 16.9. The molecule has 1 aliphatic rings. The summed E-state index contributed by atoms with van der Waals surface area (Å²) in [5.41, 5.74) is 11.8. The number of carbonyl (C=O) groups excluding carboxylic acids is 4. The van der Waals surface area contributed by atoms with E-state index in [1.165, 1.54) is 17.0 Å². The van der Waals surface area contributed by atoms with Gasteiger partial charge in [0.15, 0.2) is 0 Å². The predicted octanol–water partition coefficient (Wildman–Crippen LogP) is -0.771. The van der Waals surface area contributed by atoms with E-state index in [0.717, 1.165) is 0 Å². The zero-order chi connectivity index (χ0) is 27.0. The molecule has 5 unspecified atom stereocenters. The van der Waals surface area contributed by atoms with Gasteiger partial charge in [-0.05, 0) is 36.5 Å². The first kappa shape index (κ1) is 28.6. The van der Waals surface area contributed by atoms with Gasteiger partial charge in [0.05, 0.1) is 12.5 Å². The maximum absolute atomic E-state index is 13.3. The highest BCUT2D eigenvalue weighted by atomic mass is 16.4. The molecule has 198 valence electrons. The van der Waals surface area contributed by atoms with Gasteiger partial charge in [-0.15, -0.1) is 0 Å². The highest BCUT2D eigenvalue weighted by molar-refractivity contribution is 5.96. The predicted molar refractivity (Wildman–Crippen MR) is 129 cm³/mol. The largest absolute Gasteiger partial charge is 0.508 e. The van der Waals surface area contributed by atoms with Crippen LogP contribution in [0, 0.1) is 5.92 Å². The number of phenols is 1. The second-order valence-electron chi connectivity index (χ2n) is 9.10. The summed E-state index contributed by atoms with van der Waals surface area (Å²) in [6.45, 7) is 3.84. The van der Waals surface area contributed by atoms with Crippen LogP contribution in [0.5, 0.6) is 5.75 Å². The maximum atomic E-state index is 13.3. The van der Waals surface area contributed by atoms with Gasteiger partial charge in [0.1, 0.15) is 23.9 Å². The number of carbonyl (C=O) groups is 5. The van der Waals surface area contributed by atoms with Gasteiger partial charge < -0.3 is 37.2 Å². The number of hydrogen-bond donors (Lipinski definition) is 6. The summed E-state index contributed by atoms with van der Waals surface area (Å²) in [5.74, 6) is -4.15. The minimum atomic E-state index is -1.30. The molecule has 1 saturated heterocycles. The summed E-state index contributed by atoms with van der Waals surface area (Å²) in [6, 6.07) is 1.47. The highest BCUT2D eigenvalue weighted by Crippen LogP contribution is 2.20. The number of rotatable bonds is 12. The average molecular weight is 506 g/mol. The Morgan fingerprint density at radius 3 is 2.31 bits per heavy atom. The SMILES string of the molecule is CCC(C)C(N)C(=O)NC(CC(N)=O)C(=O)N1CCCC1C(=O)NC(Cc1ccc(O)cc1)C(=O)O. The van der Waals surface area contributed by atoms with Crippen LogP contribution in [0.3, 0.4) is 0 Å². The molecule has 2 rings (SSSR count). The third-order valence-electron chi connectivity index (χ3n) is 6.41. The van der Waals surface area contributed by atoms with Crippen molar-refractivity contribution in [3.05, 3.63) is 29.8 Å². The Kier molecular flexibility index (Phi) is 10.2. The Bertz CT molecular complexity index is 968. The third-order valence-corrected chi connectivity index (χ3v) is 6.41. The van der Waals surface area contributed by atoms with Gasteiger partial charge in [-0.2, -0.15) is 0 Å². The molecule has 12 heteroatoms. The van der Waals surface area contributed by atoms with E-state index in [-0.39, 0.29) is 31.1 Å². The molecule has 1 aromatic carbocycles. The summed E-state index contributed by atoms with van der Waals surface area (Å²) in [7, 11) is 0. The van der Waals surface area contributed by atoms with E-state index in [9.17, 15) is 34.2 Å². The number of primary amides is 1. The topological polar surface area (TPSA) is 205 Å². The fraction of sp³-hybridized carbons (Fsp3) is 0.542. The van der Waals surface area contributed by atoms with Gasteiger partial charge in [-0.1, -0.05) is 32.4 Å². The Labute approximate surface area is 209 Å². The summed E-state index contributed by atoms with van der Waals surface area (Å²) >= 11 is 0. The average Bonchev–Trinajstić information content (AvgIpc) is 3.32. The standard InChI is InChI=1S/C24H35N5O7/c1-3-13(2)20(26)22(33)27-16(12-19(25)31)23(34)29-10-4-5-18(29)21(32)28-17(24(35)36)11-14-6-8-15(30)9-7-14/h6-9,13,16-18,20,30H,3-5,10-12,26H2,1-2H3,(H2,25,31)(H,27,33)(H,28,32)(H,35,36). The van der Waals surface area contributed by atoms with Crippen LogP contribution in [0.15, 0.2) is 24.3 Å². The molecule has 0 aromatic heterocycles. The van der Waals surface area contributed by atoms with Crippen molar-refractivity contribution >= 4 is 29.6 Å². The quantitative estimate of drug-likeness (QED) is 0.212. The Balaban J connectivity index is 2.14. The number of amides is 4. The summed E-state index contributed by atoms with van der Waals surface area (Å²) in [5, 5.41) is 24.0. The second kappa shape index (κ2) is 12.9. The van der Waals surface area contributed by atoms with Gasteiger partial charge in [-0.3, -0.25) is 19.2 Å². The number of carboxylic acids is 1. The molecular formula is C24H35N5O7. The molecule has 0 spiro atoms. The third kappa shape index (κ3) is 7.67. The number of hydrogen-bond acceptors (Lipinski definition) is 7. The molecule has 1 aliphatic heterocycles. The molecule has 1 aromatic rings. The van der Waals surface area contributed by atoms with Crippen molar-refractivity contribution in [1.29, 1.82) is 0 Å². The lowest BCUT2D eigenvalue weighted by molar-refractivity contribution is -0.145. The minimum absolute atomic E-state index is 0.0254. The summed E-state index contributed by atoms with van der Waals surface area (Å²) in [6.07, 6.45) is 0.888. The number of benzene rings is 1. The number of nitrogens with two attached hydrogens (primary N) is 2. The van der Waals surface area contributed by atoms with Crippen molar-refractivity contribution in [3.8, 4) is 5.75 Å². The van der Waals surface area contributed by atoms with Crippen LogP contribution in [0.25, 0.3) is 0 Å². The first-order valence-electron chi connectivity index (χ1n) is 11.9. The lowest BCUT2D eigenvalue weighted by Gasteiger charge is -2.30. The van der Waals surface area contributed by atoms with Gasteiger partial charge in [0.2, 0.25) is 23.6 Å². The Hall–Kier alpha value is -3.67. The van der Waals surface area contributed by atoms with E-state index in [4.69, 9.17) is 11.5 Å². The lowest BCUT2D eigenvalue weighted by atomic mass is 9.98. The van der Waals surface area contributed by atoms with Crippen LogP contribution in [-0.2, 0) is 30.4 Å². The van der Waals surface area contributed by atoms with Gasteiger partial charge >= 0.3 is 5.97 Å². The molecule has 4 amide bonds. The fourth-order valence-corrected chi connectivity index (χ4v) is 4.02. The van der Waals surface area contributed by atoms with Crippen LogP contribution in [0.1, 0.15) is 45.1 Å². The Morgan fingerprint density at radius 1 is 1.11 bits per heavy atom. The van der Waals surface area contributed by atoms with Crippen molar-refractivity contribution < 1.29 is 34.2 Å². The van der Waals surface area contributed by atoms with Crippen molar-refractivity contribution in [2.24, 2.45) is 17.4 Å². The van der Waals surface area contributed by atoms with Crippen LogP contribution < -0.4 is 22.1 Å². The smallest absolute Gasteiger partial charge is 0.326 e. The molecule has 36 heavy (non-hydrogen) atoms. The maximum Gasteiger partial charge on any atom is 0.326 e. The molecular weight excluding hydrogens is 470 g/mol. The molecule has 0 bridgehead atoms. The number of aromatic hydroxyl groups is 1. The van der Waals surface area contributed by atoms with E-state index in [1.54, 1.807) is 19.1 Å². The van der Waals surface area contributed by atoms with Crippen molar-refractivity contribution in [3.63, 3.8) is 0 Å². The monoisotopic (exact) mass is 505 g/mol. The first-order valence-corrected chi connectivity index (χ1v) is 11.9. The number of aliphatic carboxylic acids is 1. The van der Waals surface area contributed by atoms with Crippen molar-refractivity contribution in [1.82, 2.24) is 15.5 Å². The lowest BCUT2D eigenvalue weighted by Crippen LogP contribution is -2.58. The summed E-state index contributed by atoms with van der Waals surface area (Å²) < 4.78 is 0. The minimum Gasteiger partial charge on any atom is -0.508 e. The molecule has 0 saturated carbocycles. The highest BCUT2D eigenvalue weighted by Gasteiger charge is 2.39. The second-order valence-corrected chi connectivity index (χ2v) is 9.10. The van der Waals surface area contributed by atoms with E-state index < -0.39 is 60.2 Å². The number of carboxylic acid groups (broad SMARTS) is 1. The number of likely N-dealkylation sites (tertiary alicyclic amines) is 1. The number of phenolic OH excluding ortho intramolecular Hbond substituents is 1. The van der Waals surface area contributed by atoms with Crippen LogP contribution in [0.4, 0.5) is 0 Å². The molecule has 8 N–H and O–H groups in total. The summed E-state index contributed by atoms with van der Waals surface area (Å²) in [4.78, 5) is 63.5. The molecule has 1 fully saturated rings. The number of nitrogens with one attached hydrogen (secondary N) is 2. The molecule has 12 nitrogen and oxygen atoms in total. The number of nitrogens with zero attached hydrogens (tertiary/aromatic N) is 1. The van der Waals surface area contributed by atoms with E-state index in [2.05, 4.69) is 10.6 Å².